The average Bonchev–Trinajstić information content (AvgIpc) is 1.83. The smallest absolute Gasteiger partial charge is 0.196 e. The topological polar surface area (TPSA) is 9.23 Å². The third-order valence-electron chi connectivity index (χ3n) is 0.663. The lowest BCUT2D eigenvalue weighted by atomic mass is 9.97. The standard InChI is InChI=1S/C7H17BO/c1-4-7(8)9-5-6(2)3/h6H,4-5H2,1-3,8H3. The molecule has 0 aromatic heterocycles. The molecule has 0 fully saturated rings. The molecule has 1 nitrogen and oxygen atoms in total. The van der Waals surface area contributed by atoms with Gasteiger partial charge in [-0.3, -0.25) is 4.74 Å². The first-order valence-electron chi connectivity index (χ1n) is 3.12. The molecule has 0 atom stereocenters. The molecular weight excluding hydrogens is 111 g/mol. The molecule has 0 saturated carbocycles. The van der Waals surface area contributed by atoms with Crippen molar-refractivity contribution in [1.29, 1.82) is 0 Å². The molecule has 0 aliphatic heterocycles. The molecule has 54 valence electrons. The molecule has 9 heavy (non-hydrogen) atoms. The molecule has 0 heterocycles. The summed E-state index contributed by atoms with van der Waals surface area (Å²) >= 11 is 0. The molecule has 0 amide bonds. The zero-order valence-electron chi connectivity index (χ0n) is 5.90. The molecular formula is C7H17BO. The Labute approximate surface area is 59.2 Å². The van der Waals surface area contributed by atoms with Gasteiger partial charge in [-0.25, -0.2) is 0 Å². The highest BCUT2D eigenvalue weighted by Gasteiger charge is 2.03. The Morgan fingerprint density at radius 3 is 2.44 bits per heavy atom. The van der Waals surface area contributed by atoms with Gasteiger partial charge in [-0.05, 0) is 12.8 Å². The van der Waals surface area contributed by atoms with Gasteiger partial charge < -0.3 is 0 Å². The van der Waals surface area contributed by atoms with E-state index < -0.39 is 0 Å². The largest absolute Gasteiger partial charge is 0.250 e. The summed E-state index contributed by atoms with van der Waals surface area (Å²) < 4.78 is 5.48. The fourth-order valence-corrected chi connectivity index (χ4v) is 0.328. The average molecular weight is 128 g/mol. The van der Waals surface area contributed by atoms with Gasteiger partial charge in [-0.15, -0.1) is 0 Å². The van der Waals surface area contributed by atoms with E-state index in [0.29, 0.717) is 13.8 Å². The summed E-state index contributed by atoms with van der Waals surface area (Å²) in [4.78, 5) is 0. The predicted molar refractivity (Wildman–Crippen MR) is 44.3 cm³/mol. The van der Waals surface area contributed by atoms with E-state index in [9.17, 15) is 0 Å². The third-order valence-corrected chi connectivity index (χ3v) is 0.663. The van der Waals surface area contributed by atoms with Crippen molar-refractivity contribution in [2.75, 3.05) is 6.61 Å². The molecule has 0 unspecified atom stereocenters. The monoisotopic (exact) mass is 128 g/mol. The second kappa shape index (κ2) is 4.74. The van der Waals surface area contributed by atoms with E-state index in [4.69, 9.17) is 4.74 Å². The van der Waals surface area contributed by atoms with Crippen LogP contribution in [0.1, 0.15) is 27.2 Å². The molecule has 0 bridgehead atoms. The summed E-state index contributed by atoms with van der Waals surface area (Å²) in [6, 6.07) is 1.39. The minimum absolute atomic E-state index is 0.337. The highest BCUT2D eigenvalue weighted by Crippen LogP contribution is 2.03. The quantitative estimate of drug-likeness (QED) is 0.404. The zero-order chi connectivity index (χ0) is 7.28. The summed E-state index contributed by atoms with van der Waals surface area (Å²) in [5, 5.41) is 0. The van der Waals surface area contributed by atoms with Crippen molar-refractivity contribution in [3.8, 4) is 0 Å². The van der Waals surface area contributed by atoms with Crippen molar-refractivity contribution >= 4 is 7.85 Å². The Hall–Kier alpha value is -0.105. The summed E-state index contributed by atoms with van der Waals surface area (Å²) in [6.45, 7) is 7.46. The van der Waals surface area contributed by atoms with Crippen LogP contribution in [0, 0.1) is 11.9 Å². The van der Waals surface area contributed by atoms with Gasteiger partial charge in [-0.2, -0.15) is 0 Å². The second-order valence-corrected chi connectivity index (χ2v) is 2.20. The van der Waals surface area contributed by atoms with Gasteiger partial charge >= 0.3 is 0 Å². The molecule has 2 heteroatoms. The minimum Gasteiger partial charge on any atom is -0.250 e. The fraction of sp³-hybridized carbons (Fsp3) is 0.857. The van der Waals surface area contributed by atoms with Crippen LogP contribution < -0.4 is 0 Å². The molecule has 0 rings (SSSR count). The lowest BCUT2D eigenvalue weighted by Gasteiger charge is -2.06. The van der Waals surface area contributed by atoms with E-state index in [1.807, 2.05) is 0 Å². The van der Waals surface area contributed by atoms with E-state index in [2.05, 4.69) is 20.8 Å². The van der Waals surface area contributed by atoms with E-state index >= 15 is 0 Å². The van der Waals surface area contributed by atoms with Gasteiger partial charge in [-0.1, -0.05) is 13.8 Å². The molecule has 0 N–H and O–H groups in total. The van der Waals surface area contributed by atoms with Gasteiger partial charge in [0.1, 0.15) is 0 Å². The normalized spacial score (nSPS) is 10.3. The van der Waals surface area contributed by atoms with Crippen molar-refractivity contribution in [2.24, 2.45) is 5.92 Å². The van der Waals surface area contributed by atoms with Crippen molar-refractivity contribution in [1.82, 2.24) is 0 Å². The molecule has 0 aliphatic carbocycles. The van der Waals surface area contributed by atoms with Crippen molar-refractivity contribution in [2.45, 2.75) is 27.2 Å². The number of rotatable bonds is 4. The maximum atomic E-state index is 5.48. The zero-order valence-corrected chi connectivity index (χ0v) is 5.90. The molecule has 0 spiro atoms. The molecule has 0 aromatic carbocycles. The molecule has 0 saturated heterocycles. The highest BCUT2D eigenvalue weighted by molar-refractivity contribution is 6.17. The van der Waals surface area contributed by atoms with Crippen LogP contribution in [0.4, 0.5) is 0 Å². The number of ether oxygens (including phenoxy) is 1. The number of hydrogen-bond acceptors (Lipinski definition) is 1. The van der Waals surface area contributed by atoms with Crippen LogP contribution in [0.15, 0.2) is 0 Å². The van der Waals surface area contributed by atoms with Crippen LogP contribution in [0.25, 0.3) is 0 Å². The first-order valence-corrected chi connectivity index (χ1v) is 3.12. The van der Waals surface area contributed by atoms with Gasteiger partial charge in [0.25, 0.3) is 0 Å². The van der Waals surface area contributed by atoms with Gasteiger partial charge in [0, 0.05) is 6.00 Å². The summed E-state index contributed by atoms with van der Waals surface area (Å²) in [6.07, 6.45) is 1.15. The van der Waals surface area contributed by atoms with Crippen LogP contribution in [-0.2, 0) is 4.74 Å². The Kier molecular flexibility index (Phi) is 4.69. The van der Waals surface area contributed by atoms with Crippen LogP contribution in [0.2, 0.25) is 0 Å². The van der Waals surface area contributed by atoms with Gasteiger partial charge in [0.2, 0.25) is 0 Å². The fourth-order valence-electron chi connectivity index (χ4n) is 0.328. The summed E-state index contributed by atoms with van der Waals surface area (Å²) in [5.41, 5.74) is 0. The Bertz CT molecular complexity index is 63.9. The number of hydrogen-bond donors (Lipinski definition) is 0. The molecule has 0 aromatic rings. The second-order valence-electron chi connectivity index (χ2n) is 2.20. The Morgan fingerprint density at radius 1 is 1.56 bits per heavy atom. The third kappa shape index (κ3) is 5.77. The van der Waals surface area contributed by atoms with E-state index in [0.717, 1.165) is 13.0 Å². The van der Waals surface area contributed by atoms with E-state index in [1.165, 1.54) is 6.00 Å². The maximum Gasteiger partial charge on any atom is 0.196 e. The highest BCUT2D eigenvalue weighted by atomic mass is 16.5. The summed E-state index contributed by atoms with van der Waals surface area (Å²) in [7, 11) is 0.337. The Morgan fingerprint density at radius 2 is 2.11 bits per heavy atom. The van der Waals surface area contributed by atoms with Crippen LogP contribution in [0.5, 0.6) is 0 Å². The van der Waals surface area contributed by atoms with Crippen molar-refractivity contribution < 1.29 is 4.74 Å². The lowest BCUT2D eigenvalue weighted by molar-refractivity contribution is 0.146. The SMILES string of the molecule is [BH3-][C+](CC)OCC(C)C. The minimum atomic E-state index is 0.337. The van der Waals surface area contributed by atoms with Gasteiger partial charge in [0.05, 0.1) is 13.0 Å². The van der Waals surface area contributed by atoms with Crippen molar-refractivity contribution in [3.05, 3.63) is 6.00 Å². The van der Waals surface area contributed by atoms with E-state index in [-0.39, 0.29) is 0 Å². The maximum absolute atomic E-state index is 5.48. The van der Waals surface area contributed by atoms with Crippen LogP contribution in [-0.4, -0.2) is 14.5 Å². The molecule has 0 radical (unpaired) electrons. The van der Waals surface area contributed by atoms with Crippen LogP contribution in [0.3, 0.4) is 0 Å². The lowest BCUT2D eigenvalue weighted by Crippen LogP contribution is -2.07. The first kappa shape index (κ1) is 8.89. The Balaban J connectivity index is 3.06. The van der Waals surface area contributed by atoms with Crippen LogP contribution >= 0.6 is 0 Å². The van der Waals surface area contributed by atoms with Gasteiger partial charge in [0.15, 0.2) is 7.85 Å². The first-order chi connectivity index (χ1) is 4.16. The molecule has 0 aliphatic rings. The van der Waals surface area contributed by atoms with E-state index in [1.54, 1.807) is 0 Å². The summed E-state index contributed by atoms with van der Waals surface area (Å²) in [5.74, 6) is 0.685. The predicted octanol–water partition coefficient (Wildman–Crippen LogP) is 0.924. The van der Waals surface area contributed by atoms with Crippen molar-refractivity contribution in [3.63, 3.8) is 0 Å².